The largest absolute Gasteiger partial charge is 0.416 e. The van der Waals surface area contributed by atoms with Crippen molar-refractivity contribution in [1.29, 1.82) is 0 Å². The minimum atomic E-state index is -4.99. The molecule has 0 spiro atoms. The van der Waals surface area contributed by atoms with E-state index in [4.69, 9.17) is 27.9 Å². The number of piperidine rings is 1. The summed E-state index contributed by atoms with van der Waals surface area (Å²) in [5.74, 6) is -0.568. The van der Waals surface area contributed by atoms with Crippen LogP contribution in [0.25, 0.3) is 0 Å². The van der Waals surface area contributed by atoms with Gasteiger partial charge in [0, 0.05) is 25.2 Å². The second kappa shape index (κ2) is 13.9. The molecular formula is C32H33Cl2F6N2O3+. The molecule has 1 unspecified atom stereocenters. The maximum Gasteiger partial charge on any atom is 0.416 e. The summed E-state index contributed by atoms with van der Waals surface area (Å²) in [6.45, 7) is 0.956. The molecule has 0 aromatic heterocycles. The van der Waals surface area contributed by atoms with Crippen molar-refractivity contribution in [2.75, 3.05) is 33.3 Å². The van der Waals surface area contributed by atoms with Gasteiger partial charge >= 0.3 is 12.4 Å². The zero-order valence-corrected chi connectivity index (χ0v) is 25.8. The Morgan fingerprint density at radius 1 is 0.911 bits per heavy atom. The van der Waals surface area contributed by atoms with Crippen molar-refractivity contribution in [3.8, 4) is 0 Å². The molecule has 2 N–H and O–H groups in total. The van der Waals surface area contributed by atoms with Gasteiger partial charge in [0.15, 0.2) is 0 Å². The van der Waals surface area contributed by atoms with Crippen LogP contribution in [0.3, 0.4) is 0 Å². The first-order valence-electron chi connectivity index (χ1n) is 14.2. The number of benzene rings is 3. The van der Waals surface area contributed by atoms with Crippen molar-refractivity contribution in [3.05, 3.63) is 105 Å². The summed E-state index contributed by atoms with van der Waals surface area (Å²) in [6.07, 6.45) is -8.48. The average molecular weight is 679 g/mol. The Bertz CT molecular complexity index is 1460. The van der Waals surface area contributed by atoms with Crippen LogP contribution in [-0.4, -0.2) is 53.8 Å². The van der Waals surface area contributed by atoms with Crippen LogP contribution in [0.5, 0.6) is 0 Å². The smallest absolute Gasteiger partial charge is 0.411 e. The summed E-state index contributed by atoms with van der Waals surface area (Å²) in [6, 6.07) is 15.6. The van der Waals surface area contributed by atoms with Gasteiger partial charge in [0.2, 0.25) is 0 Å². The summed E-state index contributed by atoms with van der Waals surface area (Å²) in [5.41, 5.74) is -2.55. The van der Waals surface area contributed by atoms with Gasteiger partial charge in [-0.3, -0.25) is 0 Å². The highest BCUT2D eigenvalue weighted by Gasteiger charge is 2.41. The Balaban J connectivity index is 1.50. The minimum Gasteiger partial charge on any atom is -0.411 e. The van der Waals surface area contributed by atoms with Crippen LogP contribution in [0, 0.1) is 0 Å². The van der Waals surface area contributed by atoms with E-state index in [1.165, 1.54) is 0 Å². The summed E-state index contributed by atoms with van der Waals surface area (Å²) < 4.78 is 85.9. The first kappa shape index (κ1) is 35.0. The van der Waals surface area contributed by atoms with E-state index in [0.717, 1.165) is 5.56 Å². The van der Waals surface area contributed by atoms with Crippen molar-refractivity contribution in [2.45, 2.75) is 49.7 Å². The molecule has 1 heterocycles. The standard InChI is InChI=1S/C32H32Cl2F6N2O3/c1-42(13-10-30(43,11-14-42)23-5-3-2-4-6-23)12-9-26(22-7-8-27(33)28(34)17-22)29(41-44)20-45-19-21-15-24(31(35,36)37)18-25(16-21)32(38,39)40/h2-8,15-18,26,43H,9-14,19-20H2,1H3/p+1/b41-29+. The third-order valence-electron chi connectivity index (χ3n) is 8.44. The number of nitrogens with zero attached hydrogens (tertiary/aromatic N) is 2. The molecule has 0 amide bonds. The fourth-order valence-corrected chi connectivity index (χ4v) is 5.98. The Labute approximate surface area is 267 Å². The first-order valence-corrected chi connectivity index (χ1v) is 14.9. The van der Waals surface area contributed by atoms with Crippen LogP contribution in [0.1, 0.15) is 53.0 Å². The summed E-state index contributed by atoms with van der Waals surface area (Å²) in [5, 5.41) is 25.3. The maximum atomic E-state index is 13.3. The molecule has 4 rings (SSSR count). The van der Waals surface area contributed by atoms with Gasteiger partial charge in [0.05, 0.1) is 66.8 Å². The van der Waals surface area contributed by atoms with Crippen molar-refractivity contribution in [1.82, 2.24) is 0 Å². The van der Waals surface area contributed by atoms with E-state index < -0.39 is 41.6 Å². The lowest BCUT2D eigenvalue weighted by atomic mass is 9.83. The molecule has 45 heavy (non-hydrogen) atoms. The lowest BCUT2D eigenvalue weighted by molar-refractivity contribution is -0.917. The van der Waals surface area contributed by atoms with Gasteiger partial charge in [-0.15, -0.1) is 0 Å². The van der Waals surface area contributed by atoms with Crippen LogP contribution < -0.4 is 0 Å². The average Bonchev–Trinajstić information content (AvgIpc) is 2.99. The number of alkyl halides is 6. The van der Waals surface area contributed by atoms with Crippen LogP contribution in [0.15, 0.2) is 71.9 Å². The van der Waals surface area contributed by atoms with Crippen molar-refractivity contribution < 1.29 is 45.9 Å². The molecule has 5 nitrogen and oxygen atoms in total. The molecule has 13 heteroatoms. The molecule has 3 aromatic rings. The highest BCUT2D eigenvalue weighted by atomic mass is 35.5. The van der Waals surface area contributed by atoms with Gasteiger partial charge in [0.25, 0.3) is 0 Å². The molecule has 0 radical (unpaired) electrons. The van der Waals surface area contributed by atoms with E-state index in [0.29, 0.717) is 66.1 Å². The first-order chi connectivity index (χ1) is 21.0. The Kier molecular flexibility index (Phi) is 10.8. The van der Waals surface area contributed by atoms with E-state index in [2.05, 4.69) is 12.2 Å². The molecule has 1 aliphatic rings. The van der Waals surface area contributed by atoms with Gasteiger partial charge in [-0.25, -0.2) is 0 Å². The summed E-state index contributed by atoms with van der Waals surface area (Å²) in [4.78, 5) is 0. The Hall–Kier alpha value is -2.83. The Morgan fingerprint density at radius 2 is 1.51 bits per heavy atom. The second-order valence-electron chi connectivity index (χ2n) is 11.7. The summed E-state index contributed by atoms with van der Waals surface area (Å²) >= 11 is 12.4. The van der Waals surface area contributed by atoms with Gasteiger partial charge in [0.1, 0.15) is 5.60 Å². The predicted octanol–water partition coefficient (Wildman–Crippen LogP) is 8.68. The van der Waals surface area contributed by atoms with Crippen molar-refractivity contribution >= 4 is 28.9 Å². The molecule has 3 aromatic carbocycles. The molecule has 0 aliphatic carbocycles. The van der Waals surface area contributed by atoms with Crippen molar-refractivity contribution in [2.24, 2.45) is 5.16 Å². The lowest BCUT2D eigenvalue weighted by Gasteiger charge is -2.45. The molecule has 244 valence electrons. The summed E-state index contributed by atoms with van der Waals surface area (Å²) in [7, 11) is 2.06. The predicted molar refractivity (Wildman–Crippen MR) is 160 cm³/mol. The third-order valence-corrected chi connectivity index (χ3v) is 9.18. The number of quaternary nitrogens is 1. The second-order valence-corrected chi connectivity index (χ2v) is 12.5. The zero-order valence-electron chi connectivity index (χ0n) is 24.3. The number of oxime groups is 1. The molecule has 1 atom stereocenters. The highest BCUT2D eigenvalue weighted by molar-refractivity contribution is 6.42. The molecule has 0 saturated carbocycles. The lowest BCUT2D eigenvalue weighted by Crippen LogP contribution is -2.54. The van der Waals surface area contributed by atoms with E-state index in [-0.39, 0.29) is 29.0 Å². The number of halogens is 8. The fourth-order valence-electron chi connectivity index (χ4n) is 5.68. The van der Waals surface area contributed by atoms with E-state index in [1.54, 1.807) is 18.2 Å². The molecular weight excluding hydrogens is 645 g/mol. The number of hydrogen-bond acceptors (Lipinski definition) is 4. The van der Waals surface area contributed by atoms with Gasteiger partial charge < -0.3 is 19.5 Å². The molecule has 0 bridgehead atoms. The monoisotopic (exact) mass is 677 g/mol. The highest BCUT2D eigenvalue weighted by Crippen LogP contribution is 2.38. The Morgan fingerprint density at radius 3 is 2.04 bits per heavy atom. The number of rotatable bonds is 10. The van der Waals surface area contributed by atoms with E-state index in [9.17, 15) is 36.7 Å². The fraction of sp³-hybridized carbons (Fsp3) is 0.406. The number of aliphatic hydroxyl groups is 1. The van der Waals surface area contributed by atoms with E-state index >= 15 is 0 Å². The molecule has 1 saturated heterocycles. The SMILES string of the molecule is C[N+]1(CCC(/C(COCc2cc(C(F)(F)F)cc(C(F)(F)F)c2)=N/O)c2ccc(Cl)c(Cl)c2)CCC(O)(c2ccccc2)CC1. The maximum absolute atomic E-state index is 13.3. The topological polar surface area (TPSA) is 62.0 Å². The minimum absolute atomic E-state index is 0.0508. The normalized spacial score (nSPS) is 22.0. The van der Waals surface area contributed by atoms with Crippen LogP contribution in [-0.2, 0) is 29.3 Å². The van der Waals surface area contributed by atoms with Gasteiger partial charge in [-0.05, 0) is 47.0 Å². The van der Waals surface area contributed by atoms with Crippen molar-refractivity contribution in [3.63, 3.8) is 0 Å². The number of ether oxygens (including phenoxy) is 1. The third kappa shape index (κ3) is 8.92. The molecule has 1 aliphatic heterocycles. The zero-order chi connectivity index (χ0) is 33.0. The number of likely N-dealkylation sites (tertiary alicyclic amines) is 1. The van der Waals surface area contributed by atoms with Gasteiger partial charge in [-0.2, -0.15) is 26.3 Å². The molecule has 1 fully saturated rings. The quantitative estimate of drug-likeness (QED) is 0.0742. The van der Waals surface area contributed by atoms with Gasteiger partial charge in [-0.1, -0.05) is 64.8 Å². The van der Waals surface area contributed by atoms with Crippen LogP contribution >= 0.6 is 23.2 Å². The van der Waals surface area contributed by atoms with Crippen LogP contribution in [0.4, 0.5) is 26.3 Å². The van der Waals surface area contributed by atoms with Crippen LogP contribution in [0.2, 0.25) is 10.0 Å². The number of hydrogen-bond donors (Lipinski definition) is 2. The van der Waals surface area contributed by atoms with E-state index in [1.807, 2.05) is 30.3 Å².